The summed E-state index contributed by atoms with van der Waals surface area (Å²) in [6.07, 6.45) is 0. The third-order valence-corrected chi connectivity index (χ3v) is 4.17. The Kier molecular flexibility index (Phi) is 12.6. The summed E-state index contributed by atoms with van der Waals surface area (Å²) < 4.78 is 15.8. The molecule has 0 aliphatic rings. The van der Waals surface area contributed by atoms with Crippen LogP contribution in [0.2, 0.25) is 0 Å². The van der Waals surface area contributed by atoms with Gasteiger partial charge in [0.2, 0.25) is 0 Å². The summed E-state index contributed by atoms with van der Waals surface area (Å²) >= 11 is 9.53. The molecular weight excluding hydrogens is 496 g/mol. The zero-order chi connectivity index (χ0) is 24.9. The number of ether oxygens (including phenoxy) is 2. The molecule has 1 unspecified atom stereocenters. The second kappa shape index (κ2) is 14.6. The zero-order valence-corrected chi connectivity index (χ0v) is 20.6. The fourth-order valence-electron chi connectivity index (χ4n) is 1.96. The van der Waals surface area contributed by atoms with E-state index in [1.165, 1.54) is 24.3 Å². The molecule has 0 spiro atoms. The number of halogens is 2. The lowest BCUT2D eigenvalue weighted by Gasteiger charge is -2.15. The summed E-state index contributed by atoms with van der Waals surface area (Å²) in [7, 11) is -2.36. The van der Waals surface area contributed by atoms with Gasteiger partial charge in [0.15, 0.2) is 5.75 Å². The van der Waals surface area contributed by atoms with E-state index in [1.807, 2.05) is 0 Å². The number of alkyl halides is 2. The molecule has 2 aromatic rings. The van der Waals surface area contributed by atoms with Crippen LogP contribution in [0.25, 0.3) is 0 Å². The lowest BCUT2D eigenvalue weighted by Crippen LogP contribution is -2.26. The number of hydrogen-bond donors (Lipinski definition) is 1. The van der Waals surface area contributed by atoms with E-state index >= 15 is 0 Å². The van der Waals surface area contributed by atoms with Gasteiger partial charge in [-0.15, -0.1) is 23.2 Å². The number of nitro benzene ring substituents is 1. The fraction of sp³-hybridized carbons (Fsp3) is 0.350. The van der Waals surface area contributed by atoms with Crippen LogP contribution in [-0.2, 0) is 9.53 Å². The van der Waals surface area contributed by atoms with Crippen molar-refractivity contribution in [2.45, 2.75) is 20.8 Å². The third kappa shape index (κ3) is 11.8. The monoisotopic (exact) mass is 519 g/mol. The molecule has 0 heterocycles. The van der Waals surface area contributed by atoms with Gasteiger partial charge in [-0.25, -0.2) is 0 Å². The maximum Gasteiger partial charge on any atom is 0.412 e. The minimum atomic E-state index is -2.36. The van der Waals surface area contributed by atoms with Crippen molar-refractivity contribution in [1.29, 1.82) is 0 Å². The van der Waals surface area contributed by atoms with Crippen molar-refractivity contribution in [3.05, 3.63) is 58.6 Å². The molecule has 0 saturated heterocycles. The van der Waals surface area contributed by atoms with Crippen LogP contribution < -0.4 is 19.6 Å². The first kappa shape index (κ1) is 28.5. The first-order chi connectivity index (χ1) is 15.6. The summed E-state index contributed by atoms with van der Waals surface area (Å²) in [5.74, 6) is 0.895. The van der Waals surface area contributed by atoms with Crippen LogP contribution in [0.4, 0.5) is 5.69 Å². The van der Waals surface area contributed by atoms with Crippen molar-refractivity contribution in [2.24, 2.45) is 10.3 Å². The predicted octanol–water partition coefficient (Wildman–Crippen LogP) is 5.14. The lowest BCUT2D eigenvalue weighted by molar-refractivity contribution is -0.384. The molecular formula is C20H24Cl2N3O7P. The number of rotatable bonds is 9. The number of non-ortho nitro benzene ring substituents is 1. The van der Waals surface area contributed by atoms with E-state index in [-0.39, 0.29) is 30.1 Å². The summed E-state index contributed by atoms with van der Waals surface area (Å²) in [6.45, 7) is 5.55. The van der Waals surface area contributed by atoms with Crippen LogP contribution in [-0.4, -0.2) is 29.4 Å². The van der Waals surface area contributed by atoms with Crippen LogP contribution in [0.5, 0.6) is 17.2 Å². The van der Waals surface area contributed by atoms with E-state index in [4.69, 9.17) is 37.2 Å². The molecule has 0 aliphatic heterocycles. The molecule has 0 radical (unpaired) electrons. The lowest BCUT2D eigenvalue weighted by atomic mass is 9.97. The van der Waals surface area contributed by atoms with E-state index in [9.17, 15) is 19.8 Å². The van der Waals surface area contributed by atoms with Crippen molar-refractivity contribution >= 4 is 43.0 Å². The minimum absolute atomic E-state index is 0.0281. The zero-order valence-electron chi connectivity index (χ0n) is 18.2. The van der Waals surface area contributed by atoms with Gasteiger partial charge >= 0.3 is 14.1 Å². The van der Waals surface area contributed by atoms with Gasteiger partial charge in [0.1, 0.15) is 18.1 Å². The standard InChI is InChI=1S/C19H22N3O7P.CH2Cl2/c1-19(2,3)18(23)27-13-12-20-21-30(26)29-17-10-8-16(9-11-17)28-15-6-4-14(5-7-15)22(24)25;2-1-3/h4-11,20H,12-13H2,1-3H3;1H2. The van der Waals surface area contributed by atoms with Crippen molar-refractivity contribution in [1.82, 2.24) is 5.43 Å². The molecule has 1 atom stereocenters. The van der Waals surface area contributed by atoms with Gasteiger partial charge in [-0.3, -0.25) is 19.4 Å². The Morgan fingerprint density at radius 2 is 1.55 bits per heavy atom. The molecule has 0 aliphatic carbocycles. The first-order valence-corrected chi connectivity index (χ1v) is 11.7. The second-order valence-electron chi connectivity index (χ2n) is 7.15. The molecule has 2 aromatic carbocycles. The molecule has 0 amide bonds. The summed E-state index contributed by atoms with van der Waals surface area (Å²) in [4.78, 5) is 37.2. The molecule has 13 heteroatoms. The van der Waals surface area contributed by atoms with E-state index in [0.29, 0.717) is 17.2 Å². The number of hydrogen-bond acceptors (Lipinski definition) is 8. The van der Waals surface area contributed by atoms with Crippen LogP contribution in [0.1, 0.15) is 20.8 Å². The molecule has 0 aromatic heterocycles. The number of carbonyl (C=O) groups is 1. The molecule has 33 heavy (non-hydrogen) atoms. The molecule has 0 bridgehead atoms. The van der Waals surface area contributed by atoms with Gasteiger partial charge in [-0.2, -0.15) is 5.43 Å². The van der Waals surface area contributed by atoms with E-state index in [2.05, 4.69) is 10.3 Å². The Bertz CT molecular complexity index is 921. The molecule has 180 valence electrons. The largest absolute Gasteiger partial charge is 0.574 e. The predicted molar refractivity (Wildman–Crippen MR) is 125 cm³/mol. The highest BCUT2D eigenvalue weighted by Crippen LogP contribution is 2.28. The number of nitro groups is 1. The Balaban J connectivity index is 0.00000172. The Labute approximate surface area is 202 Å². The highest BCUT2D eigenvalue weighted by atomic mass is 35.5. The molecule has 10 nitrogen and oxygen atoms in total. The second-order valence-corrected chi connectivity index (χ2v) is 8.82. The summed E-state index contributed by atoms with van der Waals surface area (Å²) in [5.41, 5.74) is 1.92. The number of esters is 1. The number of carbonyl (C=O) groups excluding carboxylic acids is 1. The van der Waals surface area contributed by atoms with Gasteiger partial charge in [0.25, 0.3) is 5.69 Å². The third-order valence-electron chi connectivity index (χ3n) is 3.50. The summed E-state index contributed by atoms with van der Waals surface area (Å²) in [5, 5.41) is 10.8. The van der Waals surface area contributed by atoms with E-state index in [1.54, 1.807) is 45.0 Å². The Hall–Kier alpha value is -2.49. The number of nitrogens with one attached hydrogen (secondary N) is 1. The van der Waals surface area contributed by atoms with Crippen molar-refractivity contribution in [2.75, 3.05) is 18.5 Å². The number of benzene rings is 2. The average molecular weight is 520 g/mol. The van der Waals surface area contributed by atoms with Gasteiger partial charge in [-0.1, -0.05) is 0 Å². The molecule has 0 fully saturated rings. The van der Waals surface area contributed by atoms with Crippen LogP contribution >= 0.6 is 31.4 Å². The average Bonchev–Trinajstić information content (AvgIpc) is 2.75. The molecule has 2 rings (SSSR count). The van der Waals surface area contributed by atoms with Gasteiger partial charge < -0.3 is 14.4 Å². The first-order valence-electron chi connectivity index (χ1n) is 9.47. The Morgan fingerprint density at radius 1 is 1.06 bits per heavy atom. The highest BCUT2D eigenvalue weighted by molar-refractivity contribution is 7.33. The van der Waals surface area contributed by atoms with E-state index in [0.717, 1.165) is 0 Å². The van der Waals surface area contributed by atoms with Gasteiger partial charge in [0.05, 0.1) is 22.2 Å². The fourth-order valence-corrected chi connectivity index (χ4v) is 2.52. The quantitative estimate of drug-likeness (QED) is 0.120. The van der Waals surface area contributed by atoms with E-state index < -0.39 is 18.5 Å². The van der Waals surface area contributed by atoms with Crippen LogP contribution in [0.3, 0.4) is 0 Å². The highest BCUT2D eigenvalue weighted by Gasteiger charge is 2.22. The van der Waals surface area contributed by atoms with Crippen molar-refractivity contribution in [3.8, 4) is 17.2 Å². The normalized spacial score (nSPS) is 11.2. The van der Waals surface area contributed by atoms with Crippen LogP contribution in [0.15, 0.2) is 53.4 Å². The van der Waals surface area contributed by atoms with Gasteiger partial charge in [0, 0.05) is 17.0 Å². The SMILES string of the molecule is CC(C)(C)C(=O)OCCN/N=[P+](\[O-])Oc1ccc(Oc2ccc([N+](=O)[O-])cc2)cc1.ClCCl. The van der Waals surface area contributed by atoms with Crippen molar-refractivity contribution in [3.63, 3.8) is 0 Å². The minimum Gasteiger partial charge on any atom is -0.574 e. The number of nitrogens with zero attached hydrogens (tertiary/aromatic N) is 2. The van der Waals surface area contributed by atoms with Gasteiger partial charge in [-0.05, 0) is 57.2 Å². The molecule has 1 N–H and O–H groups in total. The smallest absolute Gasteiger partial charge is 0.412 e. The maximum absolute atomic E-state index is 11.8. The summed E-state index contributed by atoms with van der Waals surface area (Å²) in [6, 6.07) is 12.0. The topological polar surface area (TPSA) is 135 Å². The van der Waals surface area contributed by atoms with Crippen molar-refractivity contribution < 1.29 is 28.6 Å². The maximum atomic E-state index is 11.8. The Morgan fingerprint density at radius 3 is 2.03 bits per heavy atom. The van der Waals surface area contributed by atoms with Crippen LogP contribution in [0, 0.1) is 15.5 Å². The molecule has 0 saturated carbocycles.